The van der Waals surface area contributed by atoms with Crippen LogP contribution in [0.2, 0.25) is 0 Å². The molecule has 3 nitrogen and oxygen atoms in total. The summed E-state index contributed by atoms with van der Waals surface area (Å²) in [5.41, 5.74) is 2.20. The van der Waals surface area contributed by atoms with Crippen LogP contribution in [0.3, 0.4) is 0 Å². The molecule has 0 aliphatic carbocycles. The van der Waals surface area contributed by atoms with Crippen molar-refractivity contribution in [2.75, 3.05) is 13.2 Å². The molecule has 0 saturated carbocycles. The third-order valence-corrected chi connectivity index (χ3v) is 2.20. The van der Waals surface area contributed by atoms with Crippen molar-refractivity contribution >= 4 is 0 Å². The molecule has 0 spiro atoms. The first kappa shape index (κ1) is 10.7. The molecule has 6 heteroatoms. The highest BCUT2D eigenvalue weighted by Crippen LogP contribution is 2.27. The van der Waals surface area contributed by atoms with Crippen molar-refractivity contribution in [1.29, 1.82) is 0 Å². The molecular weight excluding hydrogens is 185 g/mol. The zero-order valence-corrected chi connectivity index (χ0v) is 7.10. The van der Waals surface area contributed by atoms with Crippen LogP contribution < -0.4 is 11.3 Å². The Bertz CT molecular complexity index is 156. The number of alkyl halides is 3. The van der Waals surface area contributed by atoms with Crippen molar-refractivity contribution in [2.24, 2.45) is 11.8 Å². The molecule has 1 saturated heterocycles. The molecule has 0 aromatic heterocycles. The first-order valence-electron chi connectivity index (χ1n) is 4.13. The maximum Gasteiger partial charge on any atom is 0.390 e. The predicted molar refractivity (Wildman–Crippen MR) is 40.7 cm³/mol. The molecule has 3 N–H and O–H groups in total. The third-order valence-electron chi connectivity index (χ3n) is 2.20. The van der Waals surface area contributed by atoms with E-state index in [9.17, 15) is 13.2 Å². The number of nitrogens with two attached hydrogens (primary N) is 1. The van der Waals surface area contributed by atoms with Gasteiger partial charge >= 0.3 is 6.18 Å². The Morgan fingerprint density at radius 2 is 2.23 bits per heavy atom. The second-order valence-electron chi connectivity index (χ2n) is 3.22. The van der Waals surface area contributed by atoms with E-state index >= 15 is 0 Å². The van der Waals surface area contributed by atoms with E-state index < -0.39 is 18.6 Å². The number of nitrogens with one attached hydrogen (secondary N) is 1. The molecule has 0 bridgehead atoms. The monoisotopic (exact) mass is 198 g/mol. The molecule has 78 valence electrons. The van der Waals surface area contributed by atoms with Crippen LogP contribution in [0.4, 0.5) is 13.2 Å². The maximum atomic E-state index is 12.0. The van der Waals surface area contributed by atoms with Gasteiger partial charge in [-0.15, -0.1) is 0 Å². The van der Waals surface area contributed by atoms with Crippen molar-refractivity contribution in [2.45, 2.75) is 25.1 Å². The molecule has 0 aromatic carbocycles. The molecule has 1 rings (SSSR count). The Labute approximate surface area is 74.4 Å². The summed E-state index contributed by atoms with van der Waals surface area (Å²) < 4.78 is 41.0. The summed E-state index contributed by atoms with van der Waals surface area (Å²) in [6.07, 6.45) is -4.41. The van der Waals surface area contributed by atoms with Gasteiger partial charge in [0.2, 0.25) is 0 Å². The molecule has 0 aromatic rings. The smallest absolute Gasteiger partial charge is 0.381 e. The lowest BCUT2D eigenvalue weighted by Crippen LogP contribution is -2.44. The molecular formula is C7H13F3N2O. The van der Waals surface area contributed by atoms with E-state index in [1.165, 1.54) is 0 Å². The first-order chi connectivity index (χ1) is 6.03. The fourth-order valence-corrected chi connectivity index (χ4v) is 1.48. The van der Waals surface area contributed by atoms with Crippen LogP contribution in [0.5, 0.6) is 0 Å². The van der Waals surface area contributed by atoms with Crippen LogP contribution in [-0.4, -0.2) is 25.4 Å². The minimum atomic E-state index is -4.17. The normalized spacial score (nSPS) is 26.3. The summed E-state index contributed by atoms with van der Waals surface area (Å²) >= 11 is 0. The van der Waals surface area contributed by atoms with Gasteiger partial charge in [-0.05, 0) is 6.42 Å². The average Bonchev–Trinajstić information content (AvgIpc) is 2.50. The number of rotatable bonds is 3. The minimum Gasteiger partial charge on any atom is -0.381 e. The molecule has 2 atom stereocenters. The number of hydrogen-bond donors (Lipinski definition) is 2. The highest BCUT2D eigenvalue weighted by Gasteiger charge is 2.36. The van der Waals surface area contributed by atoms with Crippen molar-refractivity contribution in [3.05, 3.63) is 0 Å². The second-order valence-corrected chi connectivity index (χ2v) is 3.22. The van der Waals surface area contributed by atoms with Gasteiger partial charge in [0, 0.05) is 18.6 Å². The number of hydrogen-bond acceptors (Lipinski definition) is 3. The van der Waals surface area contributed by atoms with E-state index in [2.05, 4.69) is 5.43 Å². The van der Waals surface area contributed by atoms with Gasteiger partial charge in [0.15, 0.2) is 0 Å². The Hall–Kier alpha value is -0.330. The zero-order chi connectivity index (χ0) is 9.90. The lowest BCUT2D eigenvalue weighted by atomic mass is 9.97. The zero-order valence-electron chi connectivity index (χ0n) is 7.10. The van der Waals surface area contributed by atoms with Crippen LogP contribution in [0.15, 0.2) is 0 Å². The lowest BCUT2D eigenvalue weighted by Gasteiger charge is -2.22. The second kappa shape index (κ2) is 4.26. The largest absolute Gasteiger partial charge is 0.390 e. The average molecular weight is 198 g/mol. The fourth-order valence-electron chi connectivity index (χ4n) is 1.48. The molecule has 1 aliphatic heterocycles. The van der Waals surface area contributed by atoms with Crippen molar-refractivity contribution in [3.63, 3.8) is 0 Å². The SMILES string of the molecule is NNC(CC(F)(F)F)C1CCOC1. The molecule has 1 fully saturated rings. The van der Waals surface area contributed by atoms with Crippen molar-refractivity contribution in [3.8, 4) is 0 Å². The van der Waals surface area contributed by atoms with Gasteiger partial charge < -0.3 is 4.74 Å². The predicted octanol–water partition coefficient (Wildman–Crippen LogP) is 0.807. The molecule has 2 unspecified atom stereocenters. The van der Waals surface area contributed by atoms with E-state index in [4.69, 9.17) is 10.6 Å². The summed E-state index contributed by atoms with van der Waals surface area (Å²) in [5.74, 6) is 4.94. The van der Waals surface area contributed by atoms with Crippen molar-refractivity contribution < 1.29 is 17.9 Å². The summed E-state index contributed by atoms with van der Waals surface area (Å²) in [7, 11) is 0. The number of halogens is 3. The Balaban J connectivity index is 2.42. The highest BCUT2D eigenvalue weighted by molar-refractivity contribution is 4.79. The van der Waals surface area contributed by atoms with E-state index in [1.807, 2.05) is 0 Å². The van der Waals surface area contributed by atoms with E-state index in [1.54, 1.807) is 0 Å². The molecule has 13 heavy (non-hydrogen) atoms. The van der Waals surface area contributed by atoms with E-state index in [0.717, 1.165) is 0 Å². The van der Waals surface area contributed by atoms with Gasteiger partial charge in [-0.3, -0.25) is 11.3 Å². The van der Waals surface area contributed by atoms with Crippen LogP contribution in [0.25, 0.3) is 0 Å². The van der Waals surface area contributed by atoms with Crippen LogP contribution in [0, 0.1) is 5.92 Å². The topological polar surface area (TPSA) is 47.3 Å². The lowest BCUT2D eigenvalue weighted by molar-refractivity contribution is -0.143. The van der Waals surface area contributed by atoms with Crippen LogP contribution >= 0.6 is 0 Å². The maximum absolute atomic E-state index is 12.0. The molecule has 1 aliphatic rings. The summed E-state index contributed by atoms with van der Waals surface area (Å²) in [5, 5.41) is 0. The number of ether oxygens (including phenoxy) is 1. The van der Waals surface area contributed by atoms with Gasteiger partial charge in [-0.1, -0.05) is 0 Å². The molecule has 0 amide bonds. The van der Waals surface area contributed by atoms with E-state index in [-0.39, 0.29) is 5.92 Å². The highest BCUT2D eigenvalue weighted by atomic mass is 19.4. The third kappa shape index (κ3) is 3.50. The Kier molecular flexibility index (Phi) is 3.52. The Morgan fingerprint density at radius 1 is 1.54 bits per heavy atom. The van der Waals surface area contributed by atoms with Gasteiger partial charge in [-0.2, -0.15) is 13.2 Å². The van der Waals surface area contributed by atoms with Gasteiger partial charge in [0.1, 0.15) is 0 Å². The molecule has 1 heterocycles. The van der Waals surface area contributed by atoms with Crippen LogP contribution in [0.1, 0.15) is 12.8 Å². The summed E-state index contributed by atoms with van der Waals surface area (Å²) in [6, 6.07) is -0.720. The standard InChI is InChI=1S/C7H13F3N2O/c8-7(9,10)3-6(12-11)5-1-2-13-4-5/h5-6,12H,1-4,11H2. The quantitative estimate of drug-likeness (QED) is 0.521. The van der Waals surface area contributed by atoms with E-state index in [0.29, 0.717) is 19.6 Å². The minimum absolute atomic E-state index is 0.119. The molecule has 0 radical (unpaired) electrons. The van der Waals surface area contributed by atoms with Gasteiger partial charge in [0.25, 0.3) is 0 Å². The summed E-state index contributed by atoms with van der Waals surface area (Å²) in [6.45, 7) is 0.894. The Morgan fingerprint density at radius 3 is 2.62 bits per heavy atom. The fraction of sp³-hybridized carbons (Fsp3) is 1.00. The first-order valence-corrected chi connectivity index (χ1v) is 4.13. The van der Waals surface area contributed by atoms with Crippen LogP contribution in [-0.2, 0) is 4.74 Å². The number of hydrazine groups is 1. The summed E-state index contributed by atoms with van der Waals surface area (Å²) in [4.78, 5) is 0. The van der Waals surface area contributed by atoms with Gasteiger partial charge in [0.05, 0.1) is 13.0 Å². The van der Waals surface area contributed by atoms with Gasteiger partial charge in [-0.25, -0.2) is 0 Å². The van der Waals surface area contributed by atoms with Crippen molar-refractivity contribution in [1.82, 2.24) is 5.43 Å².